The Hall–Kier alpha value is -6.31. The third kappa shape index (κ3) is 5.84. The summed E-state index contributed by atoms with van der Waals surface area (Å²) in [5, 5.41) is 8.36. The molecule has 61 heavy (non-hydrogen) atoms. The number of nitrogens with zero attached hydrogens (tertiary/aromatic N) is 1. The van der Waals surface area contributed by atoms with Crippen molar-refractivity contribution in [1.82, 2.24) is 0 Å². The van der Waals surface area contributed by atoms with Gasteiger partial charge in [0.15, 0.2) is 0 Å². The van der Waals surface area contributed by atoms with Crippen molar-refractivity contribution in [3.63, 3.8) is 0 Å². The summed E-state index contributed by atoms with van der Waals surface area (Å²) in [6.07, 6.45) is 4.50. The number of hydrogen-bond donors (Lipinski definition) is 0. The molecule has 0 fully saturated rings. The zero-order chi connectivity index (χ0) is 41.6. The molecule has 8 aromatic carbocycles. The summed E-state index contributed by atoms with van der Waals surface area (Å²) in [7, 11) is 0. The molecule has 0 radical (unpaired) electrons. The van der Waals surface area contributed by atoms with E-state index < -0.39 is 0 Å². The number of fused-ring (bicyclic) bond motifs is 6. The van der Waals surface area contributed by atoms with E-state index >= 15 is 0 Å². The Morgan fingerprint density at radius 2 is 1.23 bits per heavy atom. The van der Waals surface area contributed by atoms with Crippen LogP contribution in [0.5, 0.6) is 0 Å². The summed E-state index contributed by atoms with van der Waals surface area (Å²) in [6.45, 7) is 14.4. The monoisotopic (exact) mass is 787 g/mol. The van der Waals surface area contributed by atoms with Crippen molar-refractivity contribution in [3.05, 3.63) is 208 Å². The minimum Gasteiger partial charge on any atom is -0.256 e. The minimum atomic E-state index is -0.0463. The second-order valence-electron chi connectivity index (χ2n) is 18.6. The summed E-state index contributed by atoms with van der Waals surface area (Å²) in [5.41, 5.74) is 18.7. The van der Waals surface area contributed by atoms with Gasteiger partial charge >= 0.3 is 0 Å². The predicted octanol–water partition coefficient (Wildman–Crippen LogP) is 15.9. The molecule has 3 aliphatic rings. The van der Waals surface area contributed by atoms with E-state index in [4.69, 9.17) is 4.99 Å². The molecule has 0 saturated carbocycles. The van der Waals surface area contributed by atoms with Crippen LogP contribution in [-0.4, -0.2) is 5.71 Å². The van der Waals surface area contributed by atoms with Crippen LogP contribution in [0.4, 0.5) is 0 Å². The summed E-state index contributed by atoms with van der Waals surface area (Å²) >= 11 is 0. The first-order chi connectivity index (χ1) is 29.7. The lowest BCUT2D eigenvalue weighted by atomic mass is 9.71. The predicted molar refractivity (Wildman–Crippen MR) is 261 cm³/mol. The Labute approximate surface area is 361 Å². The van der Waals surface area contributed by atoms with E-state index in [0.29, 0.717) is 0 Å². The fourth-order valence-electron chi connectivity index (χ4n) is 11.5. The summed E-state index contributed by atoms with van der Waals surface area (Å²) in [5.74, 6) is 0.819. The SMILES string of the molecule is CCC1/C=C(/c2ccc(-c3ccccc3)cc2)C(C)/C(C)=C(/C(C)C2Cc3cccc4c5cc6c(cc5c5cccc2c5c34)-c2ccccc2C6(C)C)N=C1c1ccccc1. The number of benzene rings is 8. The van der Waals surface area contributed by atoms with E-state index in [0.717, 1.165) is 12.8 Å². The van der Waals surface area contributed by atoms with E-state index in [1.165, 1.54) is 111 Å². The Morgan fingerprint density at radius 3 is 1.97 bits per heavy atom. The second-order valence-corrected chi connectivity index (χ2v) is 18.6. The van der Waals surface area contributed by atoms with Crippen LogP contribution in [0.2, 0.25) is 0 Å². The fraction of sp³-hybridized carbons (Fsp3) is 0.217. The van der Waals surface area contributed by atoms with Gasteiger partial charge in [-0.3, -0.25) is 4.99 Å². The molecular weight excluding hydrogens is 735 g/mol. The number of aliphatic imine (C=N–C) groups is 1. The number of hydrogen-bond acceptors (Lipinski definition) is 1. The maximum atomic E-state index is 5.89. The van der Waals surface area contributed by atoms with Gasteiger partial charge in [-0.15, -0.1) is 0 Å². The molecule has 8 aromatic rings. The molecule has 0 amide bonds. The summed E-state index contributed by atoms with van der Waals surface area (Å²) in [4.78, 5) is 5.89. The molecule has 1 heteroatoms. The molecule has 0 bridgehead atoms. The van der Waals surface area contributed by atoms with E-state index in [1.807, 2.05) is 0 Å². The Kier molecular flexibility index (Phi) is 8.90. The van der Waals surface area contributed by atoms with Crippen molar-refractivity contribution < 1.29 is 0 Å². The molecule has 1 nitrogen and oxygen atoms in total. The van der Waals surface area contributed by atoms with Gasteiger partial charge in [0.25, 0.3) is 0 Å². The Balaban J connectivity index is 1.09. The smallest absolute Gasteiger partial charge is 0.0547 e. The lowest BCUT2D eigenvalue weighted by molar-refractivity contribution is 0.507. The maximum absolute atomic E-state index is 5.89. The van der Waals surface area contributed by atoms with Gasteiger partial charge in [-0.05, 0) is 137 Å². The topological polar surface area (TPSA) is 12.4 Å². The Morgan fingerprint density at radius 1 is 0.607 bits per heavy atom. The van der Waals surface area contributed by atoms with Gasteiger partial charge in [0, 0.05) is 28.9 Å². The second kappa shape index (κ2) is 14.4. The molecule has 0 spiro atoms. The number of allylic oxidation sites excluding steroid dienone is 4. The van der Waals surface area contributed by atoms with E-state index in [2.05, 4.69) is 205 Å². The largest absolute Gasteiger partial charge is 0.256 e. The molecule has 11 rings (SSSR count). The molecule has 0 saturated heterocycles. The van der Waals surface area contributed by atoms with Gasteiger partial charge in [-0.2, -0.15) is 0 Å². The highest BCUT2D eigenvalue weighted by Crippen LogP contribution is 2.54. The average Bonchev–Trinajstić information content (AvgIpc) is 3.53. The van der Waals surface area contributed by atoms with Gasteiger partial charge in [0.1, 0.15) is 0 Å². The van der Waals surface area contributed by atoms with Crippen LogP contribution in [-0.2, 0) is 11.8 Å². The van der Waals surface area contributed by atoms with Crippen molar-refractivity contribution in [2.75, 3.05) is 0 Å². The molecule has 2 aliphatic carbocycles. The van der Waals surface area contributed by atoms with Gasteiger partial charge in [0.05, 0.1) is 5.71 Å². The van der Waals surface area contributed by atoms with Gasteiger partial charge in [-0.25, -0.2) is 0 Å². The van der Waals surface area contributed by atoms with Gasteiger partial charge in [-0.1, -0.05) is 186 Å². The van der Waals surface area contributed by atoms with Crippen LogP contribution in [0, 0.1) is 17.8 Å². The normalized spacial score (nSPS) is 21.7. The first-order valence-corrected chi connectivity index (χ1v) is 22.5. The molecular formula is C60H53N. The Bertz CT molecular complexity index is 3140. The van der Waals surface area contributed by atoms with E-state index in [1.54, 1.807) is 0 Å². The van der Waals surface area contributed by atoms with Crippen LogP contribution >= 0.6 is 0 Å². The van der Waals surface area contributed by atoms with Crippen molar-refractivity contribution >= 4 is 43.6 Å². The fourth-order valence-corrected chi connectivity index (χ4v) is 11.5. The lowest BCUT2D eigenvalue weighted by Crippen LogP contribution is -2.23. The zero-order valence-corrected chi connectivity index (χ0v) is 36.3. The zero-order valence-electron chi connectivity index (χ0n) is 36.3. The van der Waals surface area contributed by atoms with E-state index in [-0.39, 0.29) is 29.1 Å². The van der Waals surface area contributed by atoms with Gasteiger partial charge < -0.3 is 0 Å². The van der Waals surface area contributed by atoms with Crippen LogP contribution < -0.4 is 0 Å². The van der Waals surface area contributed by atoms with Crippen molar-refractivity contribution in [1.29, 1.82) is 0 Å². The van der Waals surface area contributed by atoms with Gasteiger partial charge in [0.2, 0.25) is 0 Å². The maximum Gasteiger partial charge on any atom is 0.0547 e. The highest BCUT2D eigenvalue weighted by atomic mass is 14.8. The van der Waals surface area contributed by atoms with Crippen LogP contribution in [0.15, 0.2) is 180 Å². The third-order valence-electron chi connectivity index (χ3n) is 15.0. The first kappa shape index (κ1) is 37.7. The van der Waals surface area contributed by atoms with Crippen molar-refractivity contribution in [2.45, 2.75) is 65.7 Å². The molecule has 298 valence electrons. The van der Waals surface area contributed by atoms with E-state index in [9.17, 15) is 0 Å². The standard InChI is InChI=1S/C60H53N/c1-7-39-32-49(42-30-28-41(29-31-42)40-18-10-8-11-19-40)36(2)37(3)58(61-59(39)43-20-12-9-13-21-43)38(4)50-33-44-22-16-24-47-52-35-55-53(45-23-14-15-27-54(45)60(55,5)6)34-51(52)48-26-17-25-46(50)57(48)56(44)47/h8-32,34-36,38-39,50H,7,33H2,1-6H3/b49-32+,58-37-,61-59?. The van der Waals surface area contributed by atoms with Crippen LogP contribution in [0.3, 0.4) is 0 Å². The molecule has 4 atom stereocenters. The average molecular weight is 788 g/mol. The lowest BCUT2D eigenvalue weighted by Gasteiger charge is -2.35. The van der Waals surface area contributed by atoms with Crippen molar-refractivity contribution in [2.24, 2.45) is 22.7 Å². The molecule has 1 aliphatic heterocycles. The summed E-state index contributed by atoms with van der Waals surface area (Å²) < 4.78 is 0. The molecule has 0 N–H and O–H groups in total. The third-order valence-corrected chi connectivity index (χ3v) is 15.0. The van der Waals surface area contributed by atoms with Crippen LogP contribution in [0.25, 0.3) is 60.1 Å². The van der Waals surface area contributed by atoms with Crippen molar-refractivity contribution in [3.8, 4) is 22.3 Å². The molecule has 0 aromatic heterocycles. The quantitative estimate of drug-likeness (QED) is 0.149. The first-order valence-electron chi connectivity index (χ1n) is 22.5. The summed E-state index contributed by atoms with van der Waals surface area (Å²) in [6, 6.07) is 59.3. The van der Waals surface area contributed by atoms with Crippen LogP contribution in [0.1, 0.15) is 87.3 Å². The number of rotatable bonds is 6. The minimum absolute atomic E-state index is 0.0463. The molecule has 1 heterocycles. The molecule has 4 unspecified atom stereocenters. The highest BCUT2D eigenvalue weighted by Gasteiger charge is 2.37. The highest BCUT2D eigenvalue weighted by molar-refractivity contribution is 6.28.